The van der Waals surface area contributed by atoms with Gasteiger partial charge in [0.25, 0.3) is 20.2 Å². The van der Waals surface area contributed by atoms with E-state index in [4.69, 9.17) is 8.37 Å². The van der Waals surface area contributed by atoms with Crippen LogP contribution in [0.1, 0.15) is 0 Å². The minimum atomic E-state index is -3.58. The molecule has 1 fully saturated rings. The van der Waals surface area contributed by atoms with Crippen molar-refractivity contribution < 1.29 is 25.2 Å². The molecule has 90 valence electrons. The lowest BCUT2D eigenvalue weighted by atomic mass is 10.3. The first-order valence-electron chi connectivity index (χ1n) is 4.02. The summed E-state index contributed by atoms with van der Waals surface area (Å²) < 4.78 is 52.9. The van der Waals surface area contributed by atoms with Gasteiger partial charge in [0, 0.05) is 11.5 Å². The molecule has 1 heterocycles. The molecular weight excluding hydrogens is 264 g/mol. The molecule has 0 aromatic heterocycles. The molecule has 0 unspecified atom stereocenters. The molecule has 0 aliphatic carbocycles. The SMILES string of the molecule is CS(=O)(=O)O[C@H]1CSC[C@H]1OS(C)(=O)=O. The van der Waals surface area contributed by atoms with Crippen molar-refractivity contribution in [2.75, 3.05) is 24.0 Å². The van der Waals surface area contributed by atoms with E-state index in [1.807, 2.05) is 0 Å². The second-order valence-corrected chi connectivity index (χ2v) is 7.49. The summed E-state index contributed by atoms with van der Waals surface area (Å²) in [5.74, 6) is 0.820. The molecule has 9 heteroatoms. The highest BCUT2D eigenvalue weighted by atomic mass is 32.2. The summed E-state index contributed by atoms with van der Waals surface area (Å²) in [5, 5.41) is 0. The van der Waals surface area contributed by atoms with Gasteiger partial charge >= 0.3 is 0 Å². The minimum absolute atomic E-state index is 0.410. The van der Waals surface area contributed by atoms with E-state index in [0.29, 0.717) is 11.5 Å². The predicted molar refractivity (Wildman–Crippen MR) is 56.8 cm³/mol. The van der Waals surface area contributed by atoms with Gasteiger partial charge in [-0.15, -0.1) is 0 Å². The fraction of sp³-hybridized carbons (Fsp3) is 1.00. The quantitative estimate of drug-likeness (QED) is 0.635. The molecule has 0 amide bonds. The first-order valence-corrected chi connectivity index (χ1v) is 8.80. The van der Waals surface area contributed by atoms with Crippen molar-refractivity contribution in [3.8, 4) is 0 Å². The molecule has 0 N–H and O–H groups in total. The molecular formula is C6H12O6S3. The van der Waals surface area contributed by atoms with Crippen LogP contribution in [0.15, 0.2) is 0 Å². The molecule has 0 saturated carbocycles. The van der Waals surface area contributed by atoms with E-state index in [1.54, 1.807) is 0 Å². The van der Waals surface area contributed by atoms with Gasteiger partial charge in [-0.25, -0.2) is 0 Å². The monoisotopic (exact) mass is 276 g/mol. The average molecular weight is 276 g/mol. The van der Waals surface area contributed by atoms with Crippen molar-refractivity contribution >= 4 is 32.0 Å². The Balaban J connectivity index is 2.66. The molecule has 1 aliphatic rings. The molecule has 0 aromatic carbocycles. The van der Waals surface area contributed by atoms with Gasteiger partial charge in [-0.1, -0.05) is 0 Å². The highest BCUT2D eigenvalue weighted by molar-refractivity contribution is 7.99. The molecule has 6 nitrogen and oxygen atoms in total. The smallest absolute Gasteiger partial charge is 0.263 e. The van der Waals surface area contributed by atoms with Crippen molar-refractivity contribution in [2.45, 2.75) is 12.2 Å². The standard InChI is InChI=1S/C6H12O6S3/c1-14(7,8)11-5-3-13-4-6(5)12-15(2,9)10/h5-6H,3-4H2,1-2H3/t5-,6+. The first-order chi connectivity index (χ1) is 6.67. The van der Waals surface area contributed by atoms with Crippen molar-refractivity contribution in [1.29, 1.82) is 0 Å². The number of thioether (sulfide) groups is 1. The Labute approximate surface area is 93.6 Å². The fourth-order valence-electron chi connectivity index (χ4n) is 1.14. The van der Waals surface area contributed by atoms with Crippen LogP contribution < -0.4 is 0 Å². The molecule has 0 bridgehead atoms. The van der Waals surface area contributed by atoms with E-state index >= 15 is 0 Å². The maximum Gasteiger partial charge on any atom is 0.264 e. The van der Waals surface area contributed by atoms with E-state index in [9.17, 15) is 16.8 Å². The van der Waals surface area contributed by atoms with E-state index in [-0.39, 0.29) is 0 Å². The number of hydrogen-bond donors (Lipinski definition) is 0. The zero-order valence-corrected chi connectivity index (χ0v) is 10.7. The Morgan fingerprint density at radius 3 is 1.53 bits per heavy atom. The second kappa shape index (κ2) is 4.58. The minimum Gasteiger partial charge on any atom is -0.263 e. The van der Waals surface area contributed by atoms with Crippen LogP contribution >= 0.6 is 11.8 Å². The predicted octanol–water partition coefficient (Wildman–Crippen LogP) is -0.577. The third-order valence-electron chi connectivity index (χ3n) is 1.58. The van der Waals surface area contributed by atoms with Gasteiger partial charge in [-0.2, -0.15) is 28.6 Å². The summed E-state index contributed by atoms with van der Waals surface area (Å²) in [7, 11) is -7.17. The van der Waals surface area contributed by atoms with Crippen LogP contribution in [-0.4, -0.2) is 53.1 Å². The lowest BCUT2D eigenvalue weighted by Crippen LogP contribution is -2.33. The van der Waals surface area contributed by atoms with Gasteiger partial charge < -0.3 is 0 Å². The highest BCUT2D eigenvalue weighted by Gasteiger charge is 2.34. The van der Waals surface area contributed by atoms with Gasteiger partial charge in [0.1, 0.15) is 12.2 Å². The lowest BCUT2D eigenvalue weighted by Gasteiger charge is -2.16. The van der Waals surface area contributed by atoms with E-state index in [1.165, 1.54) is 11.8 Å². The molecule has 2 atom stereocenters. The summed E-state index contributed by atoms with van der Waals surface area (Å²) in [6.07, 6.45) is 0.403. The van der Waals surface area contributed by atoms with Crippen molar-refractivity contribution in [1.82, 2.24) is 0 Å². The third kappa shape index (κ3) is 5.16. The van der Waals surface area contributed by atoms with Crippen LogP contribution in [0.2, 0.25) is 0 Å². The summed E-state index contributed by atoms with van der Waals surface area (Å²) in [6.45, 7) is 0. The Morgan fingerprint density at radius 2 is 1.27 bits per heavy atom. The normalized spacial score (nSPS) is 28.1. The molecule has 1 aliphatic heterocycles. The zero-order valence-electron chi connectivity index (χ0n) is 8.24. The van der Waals surface area contributed by atoms with Crippen molar-refractivity contribution in [3.63, 3.8) is 0 Å². The molecule has 1 rings (SSSR count). The highest BCUT2D eigenvalue weighted by Crippen LogP contribution is 2.25. The van der Waals surface area contributed by atoms with Crippen LogP contribution in [-0.2, 0) is 28.6 Å². The number of hydrogen-bond acceptors (Lipinski definition) is 7. The van der Waals surface area contributed by atoms with E-state index in [2.05, 4.69) is 0 Å². The Morgan fingerprint density at radius 1 is 0.933 bits per heavy atom. The van der Waals surface area contributed by atoms with Gasteiger partial charge in [0.05, 0.1) is 12.5 Å². The first kappa shape index (κ1) is 13.2. The van der Waals surface area contributed by atoms with Crippen LogP contribution in [0.5, 0.6) is 0 Å². The third-order valence-corrected chi connectivity index (χ3v) is 3.90. The van der Waals surface area contributed by atoms with E-state index in [0.717, 1.165) is 12.5 Å². The van der Waals surface area contributed by atoms with E-state index < -0.39 is 32.4 Å². The van der Waals surface area contributed by atoms with Crippen LogP contribution in [0.3, 0.4) is 0 Å². The van der Waals surface area contributed by atoms with Crippen LogP contribution in [0.25, 0.3) is 0 Å². The molecule has 0 spiro atoms. The number of rotatable bonds is 4. The van der Waals surface area contributed by atoms with Crippen molar-refractivity contribution in [3.05, 3.63) is 0 Å². The second-order valence-electron chi connectivity index (χ2n) is 3.22. The summed E-state index contributed by atoms with van der Waals surface area (Å²) in [6, 6.07) is 0. The maximum atomic E-state index is 10.9. The van der Waals surface area contributed by atoms with Crippen LogP contribution in [0.4, 0.5) is 0 Å². The molecule has 1 saturated heterocycles. The van der Waals surface area contributed by atoms with Crippen LogP contribution in [0, 0.1) is 0 Å². The van der Waals surface area contributed by atoms with Gasteiger partial charge in [-0.05, 0) is 0 Å². The van der Waals surface area contributed by atoms with Crippen molar-refractivity contribution in [2.24, 2.45) is 0 Å². The molecule has 15 heavy (non-hydrogen) atoms. The lowest BCUT2D eigenvalue weighted by molar-refractivity contribution is 0.102. The molecule has 0 aromatic rings. The van der Waals surface area contributed by atoms with Gasteiger partial charge in [-0.3, -0.25) is 8.37 Å². The Kier molecular flexibility index (Phi) is 4.04. The van der Waals surface area contributed by atoms with Gasteiger partial charge in [0.2, 0.25) is 0 Å². The zero-order chi connectivity index (χ0) is 11.7. The summed E-state index contributed by atoms with van der Waals surface area (Å²) in [5.41, 5.74) is 0. The Bertz CT molecular complexity index is 370. The Hall–Kier alpha value is 0.170. The maximum absolute atomic E-state index is 10.9. The fourth-order valence-corrected chi connectivity index (χ4v) is 3.76. The van der Waals surface area contributed by atoms with Gasteiger partial charge in [0.15, 0.2) is 0 Å². The largest absolute Gasteiger partial charge is 0.264 e. The summed E-state index contributed by atoms with van der Waals surface area (Å²) in [4.78, 5) is 0. The molecule has 0 radical (unpaired) electrons. The summed E-state index contributed by atoms with van der Waals surface area (Å²) >= 11 is 1.39. The topological polar surface area (TPSA) is 86.7 Å². The average Bonchev–Trinajstić information content (AvgIpc) is 2.29.